The van der Waals surface area contributed by atoms with Crippen molar-refractivity contribution >= 4 is 12.1 Å². The first kappa shape index (κ1) is 12.1. The van der Waals surface area contributed by atoms with E-state index in [9.17, 15) is 14.0 Å². The Labute approximate surface area is 88.9 Å². The third-order valence-corrected chi connectivity index (χ3v) is 2.34. The van der Waals surface area contributed by atoms with E-state index in [0.29, 0.717) is 4.90 Å². The number of likely N-dealkylation sites (tertiary alicyclic amines) is 1. The van der Waals surface area contributed by atoms with Crippen LogP contribution in [0, 0.1) is 5.53 Å². The van der Waals surface area contributed by atoms with Gasteiger partial charge in [-0.2, -0.15) is 0 Å². The molecule has 16 heavy (non-hydrogen) atoms. The molecular formula is C7H10FN4O4+. The van der Waals surface area contributed by atoms with Crippen molar-refractivity contribution in [2.45, 2.75) is 18.1 Å². The van der Waals surface area contributed by atoms with E-state index in [2.05, 4.69) is 10.0 Å². The summed E-state index contributed by atoms with van der Waals surface area (Å²) >= 11 is 0. The normalized spacial score (nSPS) is 28.6. The summed E-state index contributed by atoms with van der Waals surface area (Å²) in [5, 5.41) is 20.5. The molecule has 9 heteroatoms. The number of nitrogens with one attached hydrogen (secondary N) is 1. The Bertz CT molecular complexity index is 345. The number of alkyl halides is 1. The second-order valence-corrected chi connectivity index (χ2v) is 3.52. The number of amides is 1. The van der Waals surface area contributed by atoms with E-state index < -0.39 is 43.3 Å². The van der Waals surface area contributed by atoms with Crippen LogP contribution < -0.4 is 4.91 Å². The Kier molecular flexibility index (Phi) is 3.19. The Hall–Kier alpha value is -2.02. The van der Waals surface area contributed by atoms with Crippen molar-refractivity contribution in [3.8, 4) is 0 Å². The number of hydrogen-bond acceptors (Lipinski definition) is 4. The van der Waals surface area contributed by atoms with Crippen molar-refractivity contribution in [2.24, 2.45) is 5.11 Å². The standard InChI is InChI=1S/C7H9FN4O4/c8-7(2-10-11-9)1-4(5(13)14)12(3-7)6(15)16/h4,9H,1-3H2,(H-,13,14,15,16)/p+1. The zero-order valence-electron chi connectivity index (χ0n) is 8.13. The maximum Gasteiger partial charge on any atom is 0.408 e. The topological polar surface area (TPSA) is 128 Å². The van der Waals surface area contributed by atoms with Crippen LogP contribution in [0.25, 0.3) is 0 Å². The van der Waals surface area contributed by atoms with Gasteiger partial charge in [0.15, 0.2) is 12.2 Å². The molecule has 1 aliphatic rings. The summed E-state index contributed by atoms with van der Waals surface area (Å²) in [6.45, 7) is -1.08. The van der Waals surface area contributed by atoms with Gasteiger partial charge >= 0.3 is 12.1 Å². The average molecular weight is 233 g/mol. The van der Waals surface area contributed by atoms with Crippen LogP contribution in [0.2, 0.25) is 0 Å². The summed E-state index contributed by atoms with van der Waals surface area (Å²) in [5.41, 5.74) is 4.30. The van der Waals surface area contributed by atoms with E-state index in [4.69, 9.17) is 15.7 Å². The van der Waals surface area contributed by atoms with Crippen molar-refractivity contribution in [3.63, 3.8) is 0 Å². The number of halogens is 1. The lowest BCUT2D eigenvalue weighted by Crippen LogP contribution is -2.40. The molecule has 0 aromatic carbocycles. The van der Waals surface area contributed by atoms with Gasteiger partial charge in [-0.15, -0.1) is 0 Å². The molecule has 0 aromatic heterocycles. The third kappa shape index (κ3) is 2.31. The fourth-order valence-electron chi connectivity index (χ4n) is 1.63. The maximum absolute atomic E-state index is 13.9. The van der Waals surface area contributed by atoms with E-state index in [0.717, 1.165) is 0 Å². The minimum absolute atomic E-state index is 0.479. The molecular weight excluding hydrogens is 223 g/mol. The van der Waals surface area contributed by atoms with Gasteiger partial charge in [-0.25, -0.2) is 14.0 Å². The van der Waals surface area contributed by atoms with E-state index in [1.54, 1.807) is 0 Å². The molecule has 0 aliphatic carbocycles. The SMILES string of the molecule is N=[N+]=NCC1(F)CC(C(=O)O)N(C(=O)O)C1. The molecule has 0 aromatic rings. The number of rotatable bonds is 3. The number of carboxylic acid groups (broad SMARTS) is 2. The first-order chi connectivity index (χ1) is 7.39. The summed E-state index contributed by atoms with van der Waals surface area (Å²) in [5.74, 6) is -1.40. The zero-order chi connectivity index (χ0) is 12.3. The van der Waals surface area contributed by atoms with Gasteiger partial charge in [0.2, 0.25) is 4.91 Å². The van der Waals surface area contributed by atoms with Crippen LogP contribution in [0.15, 0.2) is 5.11 Å². The van der Waals surface area contributed by atoms with Gasteiger partial charge in [0.25, 0.3) is 0 Å². The first-order valence-corrected chi connectivity index (χ1v) is 4.34. The van der Waals surface area contributed by atoms with Crippen molar-refractivity contribution < 1.29 is 24.2 Å². The highest BCUT2D eigenvalue weighted by molar-refractivity contribution is 5.80. The molecule has 8 nitrogen and oxygen atoms in total. The van der Waals surface area contributed by atoms with E-state index >= 15 is 0 Å². The predicted molar refractivity (Wildman–Crippen MR) is 46.8 cm³/mol. The zero-order valence-corrected chi connectivity index (χ0v) is 8.13. The summed E-state index contributed by atoms with van der Waals surface area (Å²) in [6, 6.07) is -1.41. The van der Waals surface area contributed by atoms with Crippen molar-refractivity contribution in [1.29, 1.82) is 5.53 Å². The maximum atomic E-state index is 13.9. The highest BCUT2D eigenvalue weighted by Gasteiger charge is 2.50. The molecule has 1 rings (SSSR count). The predicted octanol–water partition coefficient (Wildman–Crippen LogP) is 0.0820. The molecule has 2 atom stereocenters. The van der Waals surface area contributed by atoms with Crippen LogP contribution in [0.1, 0.15) is 6.42 Å². The number of aliphatic carboxylic acids is 1. The quantitative estimate of drug-likeness (QED) is 0.471. The van der Waals surface area contributed by atoms with Crippen molar-refractivity contribution in [2.75, 3.05) is 13.1 Å². The van der Waals surface area contributed by atoms with Crippen LogP contribution in [0.3, 0.4) is 0 Å². The Balaban J connectivity index is 2.86. The van der Waals surface area contributed by atoms with Gasteiger partial charge in [-0.3, -0.25) is 4.90 Å². The lowest BCUT2D eigenvalue weighted by atomic mass is 10.0. The van der Waals surface area contributed by atoms with Crippen LogP contribution in [0.4, 0.5) is 9.18 Å². The molecule has 0 bridgehead atoms. The van der Waals surface area contributed by atoms with Crippen LogP contribution in [0.5, 0.6) is 0 Å². The van der Waals surface area contributed by atoms with Gasteiger partial charge in [0, 0.05) is 6.42 Å². The summed E-state index contributed by atoms with van der Waals surface area (Å²) in [7, 11) is 0. The lowest BCUT2D eigenvalue weighted by molar-refractivity contribution is -0.141. The second-order valence-electron chi connectivity index (χ2n) is 3.52. The molecule has 0 saturated carbocycles. The number of hydrogen-bond donors (Lipinski definition) is 3. The molecule has 2 unspecified atom stereocenters. The van der Waals surface area contributed by atoms with Gasteiger partial charge in [-0.1, -0.05) is 0 Å². The summed E-state index contributed by atoms with van der Waals surface area (Å²) < 4.78 is 13.9. The lowest BCUT2D eigenvalue weighted by Gasteiger charge is -2.16. The average Bonchev–Trinajstić information content (AvgIpc) is 2.55. The van der Waals surface area contributed by atoms with Crippen molar-refractivity contribution in [1.82, 2.24) is 9.81 Å². The molecule has 0 radical (unpaired) electrons. The first-order valence-electron chi connectivity index (χ1n) is 4.34. The largest absolute Gasteiger partial charge is 0.480 e. The fraction of sp³-hybridized carbons (Fsp3) is 0.714. The Morgan fingerprint density at radius 3 is 2.62 bits per heavy atom. The molecule has 1 saturated heterocycles. The van der Waals surface area contributed by atoms with E-state index in [1.165, 1.54) is 0 Å². The minimum atomic E-state index is -2.06. The van der Waals surface area contributed by atoms with Gasteiger partial charge in [0.05, 0.1) is 6.54 Å². The van der Waals surface area contributed by atoms with E-state index in [1.807, 2.05) is 0 Å². The Morgan fingerprint density at radius 1 is 1.62 bits per heavy atom. The Morgan fingerprint density at radius 2 is 2.25 bits per heavy atom. The minimum Gasteiger partial charge on any atom is -0.480 e. The number of nitrogens with zero attached hydrogens (tertiary/aromatic N) is 3. The molecule has 0 spiro atoms. The summed E-state index contributed by atoms with van der Waals surface area (Å²) in [4.78, 5) is 24.5. The highest BCUT2D eigenvalue weighted by atomic mass is 19.1. The van der Waals surface area contributed by atoms with Gasteiger partial charge in [-0.05, 0) is 0 Å². The number of carbonyl (C=O) groups is 2. The van der Waals surface area contributed by atoms with Crippen LogP contribution in [-0.2, 0) is 4.79 Å². The van der Waals surface area contributed by atoms with Crippen LogP contribution >= 0.6 is 0 Å². The van der Waals surface area contributed by atoms with Gasteiger partial charge in [0.1, 0.15) is 16.7 Å². The van der Waals surface area contributed by atoms with Crippen molar-refractivity contribution in [3.05, 3.63) is 0 Å². The monoisotopic (exact) mass is 233 g/mol. The third-order valence-electron chi connectivity index (χ3n) is 2.34. The molecule has 1 fully saturated rings. The highest BCUT2D eigenvalue weighted by Crippen LogP contribution is 2.31. The molecule has 1 heterocycles. The number of carboxylic acids is 1. The molecule has 88 valence electrons. The molecule has 3 N–H and O–H groups in total. The van der Waals surface area contributed by atoms with E-state index in [-0.39, 0.29) is 0 Å². The van der Waals surface area contributed by atoms with Crippen LogP contribution in [-0.4, -0.2) is 52.0 Å². The fourth-order valence-corrected chi connectivity index (χ4v) is 1.63. The summed E-state index contributed by atoms with van der Waals surface area (Å²) in [6.07, 6.45) is -1.97. The molecule has 1 amide bonds. The van der Waals surface area contributed by atoms with Gasteiger partial charge < -0.3 is 10.2 Å². The second kappa shape index (κ2) is 4.23. The molecule has 1 aliphatic heterocycles. The smallest absolute Gasteiger partial charge is 0.408 e.